The van der Waals surface area contributed by atoms with Gasteiger partial charge in [-0.15, -0.1) is 0 Å². The summed E-state index contributed by atoms with van der Waals surface area (Å²) in [5, 5.41) is 6.81. The van der Waals surface area contributed by atoms with Crippen molar-refractivity contribution in [3.63, 3.8) is 0 Å². The van der Waals surface area contributed by atoms with Crippen molar-refractivity contribution in [1.82, 2.24) is 24.7 Å². The summed E-state index contributed by atoms with van der Waals surface area (Å²) in [6, 6.07) is 14.8. The van der Waals surface area contributed by atoms with E-state index in [2.05, 4.69) is 25.4 Å². The molecule has 4 rings (SSSR count). The van der Waals surface area contributed by atoms with E-state index in [-0.39, 0.29) is 11.4 Å². The molecule has 3 aromatic heterocycles. The van der Waals surface area contributed by atoms with Gasteiger partial charge >= 0.3 is 0 Å². The van der Waals surface area contributed by atoms with Crippen molar-refractivity contribution in [2.24, 2.45) is 0 Å². The fraction of sp³-hybridized carbons (Fsp3) is 0.0952. The van der Waals surface area contributed by atoms with E-state index in [4.69, 9.17) is 0 Å². The molecule has 7 nitrogen and oxygen atoms in total. The number of aryl methyl sites for hydroxylation is 2. The third kappa shape index (κ3) is 3.86. The van der Waals surface area contributed by atoms with Crippen LogP contribution in [0.2, 0.25) is 0 Å². The van der Waals surface area contributed by atoms with Crippen LogP contribution in [-0.4, -0.2) is 30.6 Å². The first-order chi connectivity index (χ1) is 14.0. The van der Waals surface area contributed by atoms with E-state index in [1.54, 1.807) is 37.3 Å². The second-order valence-corrected chi connectivity index (χ2v) is 6.42. The molecule has 0 saturated carbocycles. The minimum absolute atomic E-state index is 0.182. The van der Waals surface area contributed by atoms with E-state index in [0.717, 1.165) is 5.69 Å². The number of halogens is 1. The predicted octanol–water partition coefficient (Wildman–Crippen LogP) is 3.73. The molecule has 8 heteroatoms. The number of nitrogens with one attached hydrogen (secondary N) is 1. The highest BCUT2D eigenvalue weighted by Crippen LogP contribution is 2.18. The Kier molecular flexibility index (Phi) is 4.82. The summed E-state index contributed by atoms with van der Waals surface area (Å²) in [5.74, 6) is -0.211. The number of carbonyl (C=O) groups excluding carboxylic acids is 1. The minimum Gasteiger partial charge on any atom is -0.305 e. The molecule has 0 radical (unpaired) electrons. The normalized spacial score (nSPS) is 10.7. The number of anilines is 1. The summed E-state index contributed by atoms with van der Waals surface area (Å²) >= 11 is 0. The summed E-state index contributed by atoms with van der Waals surface area (Å²) in [4.78, 5) is 26.1. The first kappa shape index (κ1) is 18.4. The van der Waals surface area contributed by atoms with Crippen LogP contribution in [0.5, 0.6) is 0 Å². The lowest BCUT2D eigenvalue weighted by Gasteiger charge is -2.10. The van der Waals surface area contributed by atoms with E-state index >= 15 is 0 Å². The first-order valence-corrected chi connectivity index (χ1v) is 8.91. The number of aromatic nitrogens is 5. The van der Waals surface area contributed by atoms with E-state index < -0.39 is 11.7 Å². The van der Waals surface area contributed by atoms with Gasteiger partial charge in [-0.3, -0.25) is 4.79 Å². The number of para-hydroxylation sites is 1. The molecule has 0 spiro atoms. The molecule has 0 aliphatic heterocycles. The van der Waals surface area contributed by atoms with Crippen LogP contribution in [-0.2, 0) is 0 Å². The lowest BCUT2D eigenvalue weighted by molar-refractivity contribution is 0.101. The molecule has 144 valence electrons. The van der Waals surface area contributed by atoms with Crippen LogP contribution < -0.4 is 5.32 Å². The molecule has 4 aromatic rings. The topological polar surface area (TPSA) is 85.6 Å². The molecule has 0 atom stereocenters. The van der Waals surface area contributed by atoms with Crippen LogP contribution >= 0.6 is 0 Å². The molecular weight excluding hydrogens is 371 g/mol. The Hall–Kier alpha value is -3.94. The molecule has 1 N–H and O–H groups in total. The molecule has 29 heavy (non-hydrogen) atoms. The van der Waals surface area contributed by atoms with Crippen molar-refractivity contribution in [1.29, 1.82) is 0 Å². The third-order valence-electron chi connectivity index (χ3n) is 4.17. The number of amides is 1. The summed E-state index contributed by atoms with van der Waals surface area (Å²) in [7, 11) is 0. The maximum Gasteiger partial charge on any atom is 0.275 e. The number of pyridine rings is 1. The van der Waals surface area contributed by atoms with Crippen LogP contribution in [0.3, 0.4) is 0 Å². The third-order valence-corrected chi connectivity index (χ3v) is 4.17. The smallest absolute Gasteiger partial charge is 0.275 e. The number of hydrogen-bond donors (Lipinski definition) is 1. The van der Waals surface area contributed by atoms with Crippen molar-refractivity contribution < 1.29 is 9.18 Å². The number of carbonyl (C=O) groups is 1. The molecule has 1 amide bonds. The van der Waals surface area contributed by atoms with Crippen molar-refractivity contribution in [3.8, 4) is 17.2 Å². The number of nitrogens with zero attached hydrogens (tertiary/aromatic N) is 5. The SMILES string of the molecule is Cc1cccc(-c2nc(C)cc(NC(=O)c3ccnn3-c3ccccc3F)n2)n1. The van der Waals surface area contributed by atoms with Crippen molar-refractivity contribution in [2.45, 2.75) is 13.8 Å². The zero-order valence-corrected chi connectivity index (χ0v) is 15.8. The summed E-state index contributed by atoms with van der Waals surface area (Å²) in [6.07, 6.45) is 1.44. The van der Waals surface area contributed by atoms with Gasteiger partial charge in [0.05, 0.1) is 6.20 Å². The van der Waals surface area contributed by atoms with Gasteiger partial charge < -0.3 is 5.32 Å². The quantitative estimate of drug-likeness (QED) is 0.576. The average molecular weight is 388 g/mol. The summed E-state index contributed by atoms with van der Waals surface area (Å²) in [5.41, 5.74) is 2.50. The standard InChI is InChI=1S/C21H17FN6O/c1-13-6-5-8-16(24-13)20-25-14(2)12-19(26-20)27-21(29)18-10-11-23-28(18)17-9-4-3-7-15(17)22/h3-12H,1-2H3,(H,25,26,27,29). The maximum atomic E-state index is 14.1. The van der Waals surface area contributed by atoms with Gasteiger partial charge in [0.1, 0.15) is 28.7 Å². The van der Waals surface area contributed by atoms with Crippen LogP contribution in [0, 0.1) is 19.7 Å². The Morgan fingerprint density at radius 3 is 2.59 bits per heavy atom. The van der Waals surface area contributed by atoms with Crippen molar-refractivity contribution >= 4 is 11.7 Å². The molecule has 0 fully saturated rings. The highest BCUT2D eigenvalue weighted by atomic mass is 19.1. The highest BCUT2D eigenvalue weighted by Gasteiger charge is 2.17. The Bertz CT molecular complexity index is 1200. The first-order valence-electron chi connectivity index (χ1n) is 8.91. The molecule has 1 aromatic carbocycles. The highest BCUT2D eigenvalue weighted by molar-refractivity contribution is 6.03. The molecule has 0 aliphatic carbocycles. The molecule has 0 bridgehead atoms. The van der Waals surface area contributed by atoms with E-state index in [0.29, 0.717) is 23.0 Å². The lowest BCUT2D eigenvalue weighted by atomic mass is 10.3. The van der Waals surface area contributed by atoms with Crippen LogP contribution in [0.1, 0.15) is 21.9 Å². The van der Waals surface area contributed by atoms with Gasteiger partial charge in [0.15, 0.2) is 5.82 Å². The molecule has 0 unspecified atom stereocenters. The van der Waals surface area contributed by atoms with Crippen LogP contribution in [0.4, 0.5) is 10.2 Å². The largest absolute Gasteiger partial charge is 0.305 e. The van der Waals surface area contributed by atoms with E-state index in [1.807, 2.05) is 19.1 Å². The minimum atomic E-state index is -0.476. The lowest BCUT2D eigenvalue weighted by Crippen LogP contribution is -2.18. The summed E-state index contributed by atoms with van der Waals surface area (Å²) < 4.78 is 15.4. The Balaban J connectivity index is 1.65. The second-order valence-electron chi connectivity index (χ2n) is 6.42. The monoisotopic (exact) mass is 388 g/mol. The number of rotatable bonds is 4. The van der Waals surface area contributed by atoms with Gasteiger partial charge in [0.2, 0.25) is 0 Å². The van der Waals surface area contributed by atoms with Gasteiger partial charge in [0.25, 0.3) is 5.91 Å². The Morgan fingerprint density at radius 2 is 1.79 bits per heavy atom. The van der Waals surface area contributed by atoms with Crippen LogP contribution in [0.15, 0.2) is 60.8 Å². The van der Waals surface area contributed by atoms with Gasteiger partial charge in [-0.05, 0) is 44.2 Å². The van der Waals surface area contributed by atoms with Crippen LogP contribution in [0.25, 0.3) is 17.2 Å². The fourth-order valence-electron chi connectivity index (χ4n) is 2.89. The molecular formula is C21H17FN6O. The number of benzene rings is 1. The Labute approximate surface area is 166 Å². The average Bonchev–Trinajstić information content (AvgIpc) is 3.17. The van der Waals surface area contributed by atoms with Crippen molar-refractivity contribution in [2.75, 3.05) is 5.32 Å². The molecule has 3 heterocycles. The van der Waals surface area contributed by atoms with Crippen molar-refractivity contribution in [3.05, 3.63) is 83.7 Å². The van der Waals surface area contributed by atoms with Gasteiger partial charge in [-0.2, -0.15) is 5.10 Å². The van der Waals surface area contributed by atoms with Gasteiger partial charge in [-0.1, -0.05) is 18.2 Å². The van der Waals surface area contributed by atoms with Gasteiger partial charge in [0, 0.05) is 17.5 Å². The molecule has 0 aliphatic rings. The van der Waals surface area contributed by atoms with Gasteiger partial charge in [-0.25, -0.2) is 24.0 Å². The van der Waals surface area contributed by atoms with E-state index in [9.17, 15) is 9.18 Å². The second kappa shape index (κ2) is 7.59. The predicted molar refractivity (Wildman–Crippen MR) is 106 cm³/mol. The Morgan fingerprint density at radius 1 is 0.966 bits per heavy atom. The fourth-order valence-corrected chi connectivity index (χ4v) is 2.89. The molecule has 0 saturated heterocycles. The number of hydrogen-bond acceptors (Lipinski definition) is 5. The maximum absolute atomic E-state index is 14.1. The summed E-state index contributed by atoms with van der Waals surface area (Å²) in [6.45, 7) is 3.69. The zero-order valence-electron chi connectivity index (χ0n) is 15.8. The zero-order chi connectivity index (χ0) is 20.4. The van der Waals surface area contributed by atoms with E-state index in [1.165, 1.54) is 23.0 Å².